The molecule has 6 heteroatoms. The fourth-order valence-electron chi connectivity index (χ4n) is 5.57. The summed E-state index contributed by atoms with van der Waals surface area (Å²) in [5.41, 5.74) is 2.26. The van der Waals surface area contributed by atoms with Crippen molar-refractivity contribution in [1.82, 2.24) is 0 Å². The van der Waals surface area contributed by atoms with Crippen LogP contribution in [0.5, 0.6) is 5.75 Å². The number of hydrogen-bond acceptors (Lipinski definition) is 1. The van der Waals surface area contributed by atoms with Gasteiger partial charge >= 0.3 is 6.11 Å². The third-order valence-electron chi connectivity index (χ3n) is 8.03. The number of benzene rings is 3. The van der Waals surface area contributed by atoms with Gasteiger partial charge < -0.3 is 4.74 Å². The highest BCUT2D eigenvalue weighted by atomic mass is 19.3. The summed E-state index contributed by atoms with van der Waals surface area (Å²) in [6.07, 6.45) is 0.208. The van der Waals surface area contributed by atoms with E-state index in [0.717, 1.165) is 49.3 Å². The molecule has 0 aromatic heterocycles. The molecule has 0 atom stereocenters. The Morgan fingerprint density at radius 3 is 1.95 bits per heavy atom. The Morgan fingerprint density at radius 1 is 0.795 bits per heavy atom. The summed E-state index contributed by atoms with van der Waals surface area (Å²) >= 11 is 0. The van der Waals surface area contributed by atoms with Crippen molar-refractivity contribution in [3.8, 4) is 28.0 Å². The fourth-order valence-corrected chi connectivity index (χ4v) is 5.57. The molecule has 0 bridgehead atoms. The van der Waals surface area contributed by atoms with Gasteiger partial charge in [-0.1, -0.05) is 88.1 Å². The van der Waals surface area contributed by atoms with Crippen LogP contribution < -0.4 is 4.74 Å². The summed E-state index contributed by atoms with van der Waals surface area (Å²) in [7, 11) is 0. The molecular weight excluding hydrogens is 507 g/mol. The van der Waals surface area contributed by atoms with E-state index >= 15 is 13.2 Å². The minimum Gasteiger partial charge on any atom is -0.432 e. The molecule has 0 amide bonds. The zero-order valence-corrected chi connectivity index (χ0v) is 22.7. The first kappa shape index (κ1) is 29.1. The number of rotatable bonds is 11. The van der Waals surface area contributed by atoms with Crippen LogP contribution in [0.25, 0.3) is 22.3 Å². The third-order valence-corrected chi connectivity index (χ3v) is 8.03. The molecule has 0 radical (unpaired) electrons. The predicted octanol–water partition coefficient (Wildman–Crippen LogP) is 11.0. The Bertz CT molecular complexity index is 1200. The summed E-state index contributed by atoms with van der Waals surface area (Å²) in [5, 5.41) is 0. The van der Waals surface area contributed by atoms with Crippen LogP contribution in [0.4, 0.5) is 22.0 Å². The second-order valence-corrected chi connectivity index (χ2v) is 10.6. The van der Waals surface area contributed by atoms with Gasteiger partial charge in [0, 0.05) is 5.56 Å². The lowest BCUT2D eigenvalue weighted by molar-refractivity contribution is -0.224. The maximum absolute atomic E-state index is 15.4. The van der Waals surface area contributed by atoms with E-state index in [2.05, 4.69) is 13.8 Å². The highest BCUT2D eigenvalue weighted by Gasteiger charge is 2.45. The van der Waals surface area contributed by atoms with E-state index in [9.17, 15) is 8.78 Å². The lowest BCUT2D eigenvalue weighted by Crippen LogP contribution is -2.37. The van der Waals surface area contributed by atoms with E-state index in [4.69, 9.17) is 4.74 Å². The number of halogens is 5. The van der Waals surface area contributed by atoms with E-state index in [-0.39, 0.29) is 18.4 Å². The van der Waals surface area contributed by atoms with Gasteiger partial charge in [0.25, 0.3) is 6.43 Å². The quantitative estimate of drug-likeness (QED) is 0.172. The van der Waals surface area contributed by atoms with Crippen LogP contribution in [0.3, 0.4) is 0 Å². The van der Waals surface area contributed by atoms with E-state index in [1.165, 1.54) is 11.6 Å². The van der Waals surface area contributed by atoms with Crippen molar-refractivity contribution in [1.29, 1.82) is 0 Å². The van der Waals surface area contributed by atoms with Gasteiger partial charge in [0.05, 0.1) is 11.5 Å². The molecule has 0 spiro atoms. The van der Waals surface area contributed by atoms with Crippen LogP contribution in [0.1, 0.15) is 82.8 Å². The Morgan fingerprint density at radius 2 is 1.38 bits per heavy atom. The highest BCUT2D eigenvalue weighted by Crippen LogP contribution is 2.44. The molecule has 1 nitrogen and oxygen atoms in total. The zero-order valence-electron chi connectivity index (χ0n) is 22.7. The first-order valence-corrected chi connectivity index (χ1v) is 14.1. The SMILES string of the molecule is CCCCCC1CCC(C(F)(F)Oc2ccc(-c3ccc(-c4ccc(CC)cc4)cc3)c(F)c2C(F)F)CC1. The molecule has 210 valence electrons. The van der Waals surface area contributed by atoms with E-state index in [0.29, 0.717) is 24.3 Å². The molecule has 1 aliphatic carbocycles. The summed E-state index contributed by atoms with van der Waals surface area (Å²) in [6.45, 7) is 4.20. The molecule has 3 aromatic rings. The van der Waals surface area contributed by atoms with Crippen molar-refractivity contribution in [2.45, 2.75) is 84.2 Å². The zero-order chi connectivity index (χ0) is 28.0. The summed E-state index contributed by atoms with van der Waals surface area (Å²) in [6, 6.07) is 17.2. The molecule has 0 aliphatic heterocycles. The molecule has 1 fully saturated rings. The molecule has 1 aliphatic rings. The number of unbranched alkanes of at least 4 members (excludes halogenated alkanes) is 2. The predicted molar refractivity (Wildman–Crippen MR) is 147 cm³/mol. The van der Waals surface area contributed by atoms with Crippen molar-refractivity contribution in [2.75, 3.05) is 0 Å². The maximum Gasteiger partial charge on any atom is 0.400 e. The second kappa shape index (κ2) is 13.0. The lowest BCUT2D eigenvalue weighted by Gasteiger charge is -2.33. The molecule has 3 aromatic carbocycles. The number of ether oxygens (including phenoxy) is 1. The van der Waals surface area contributed by atoms with Crippen LogP contribution >= 0.6 is 0 Å². The van der Waals surface area contributed by atoms with E-state index in [1.807, 2.05) is 24.3 Å². The maximum atomic E-state index is 15.4. The molecule has 39 heavy (non-hydrogen) atoms. The Hall–Kier alpha value is -2.89. The van der Waals surface area contributed by atoms with Crippen LogP contribution in [0.2, 0.25) is 0 Å². The van der Waals surface area contributed by atoms with Gasteiger partial charge in [-0.3, -0.25) is 0 Å². The van der Waals surface area contributed by atoms with Gasteiger partial charge in [0.1, 0.15) is 11.6 Å². The number of hydrogen-bond donors (Lipinski definition) is 0. The first-order valence-electron chi connectivity index (χ1n) is 14.1. The Kier molecular flexibility index (Phi) is 9.68. The minimum absolute atomic E-state index is 0.0820. The molecule has 0 N–H and O–H groups in total. The van der Waals surface area contributed by atoms with Crippen LogP contribution in [-0.4, -0.2) is 6.11 Å². The van der Waals surface area contributed by atoms with E-state index < -0.39 is 35.6 Å². The molecule has 1 saturated carbocycles. The molecule has 0 heterocycles. The van der Waals surface area contributed by atoms with Gasteiger partial charge in [-0.25, -0.2) is 13.2 Å². The highest BCUT2D eigenvalue weighted by molar-refractivity contribution is 5.72. The van der Waals surface area contributed by atoms with Gasteiger partial charge in [0.15, 0.2) is 0 Å². The Balaban J connectivity index is 1.50. The number of alkyl halides is 4. The summed E-state index contributed by atoms with van der Waals surface area (Å²) in [4.78, 5) is 0. The van der Waals surface area contributed by atoms with Gasteiger partial charge in [0.2, 0.25) is 0 Å². The lowest BCUT2D eigenvalue weighted by atomic mass is 9.79. The van der Waals surface area contributed by atoms with Crippen LogP contribution in [0, 0.1) is 17.7 Å². The molecule has 0 unspecified atom stereocenters. The number of aryl methyl sites for hydroxylation is 1. The normalized spacial score (nSPS) is 17.9. The average Bonchev–Trinajstić information content (AvgIpc) is 2.93. The second-order valence-electron chi connectivity index (χ2n) is 10.6. The smallest absolute Gasteiger partial charge is 0.400 e. The third kappa shape index (κ3) is 7.01. The molecular formula is C33H37F5O. The minimum atomic E-state index is -3.65. The van der Waals surface area contributed by atoms with Crippen LogP contribution in [-0.2, 0) is 6.42 Å². The van der Waals surface area contributed by atoms with Crippen molar-refractivity contribution in [3.05, 3.63) is 77.6 Å². The van der Waals surface area contributed by atoms with Crippen molar-refractivity contribution in [3.63, 3.8) is 0 Å². The van der Waals surface area contributed by atoms with Gasteiger partial charge in [-0.05, 0) is 72.4 Å². The standard InChI is InChI=1S/C33H37F5O/c1-3-5-6-7-23-10-18-27(19-11-23)33(37,38)39-29-21-20-28(31(34)30(29)32(35)36)26-16-14-25(15-17-26)24-12-8-22(4-2)9-13-24/h8-9,12-17,20-21,23,27,32H,3-7,10-11,18-19H2,1-2H3. The molecule has 4 rings (SSSR count). The monoisotopic (exact) mass is 544 g/mol. The largest absolute Gasteiger partial charge is 0.432 e. The molecule has 0 saturated heterocycles. The van der Waals surface area contributed by atoms with Crippen LogP contribution in [0.15, 0.2) is 60.7 Å². The van der Waals surface area contributed by atoms with Crippen molar-refractivity contribution in [2.24, 2.45) is 11.8 Å². The first-order chi connectivity index (χ1) is 18.7. The van der Waals surface area contributed by atoms with Gasteiger partial charge in [-0.2, -0.15) is 8.78 Å². The van der Waals surface area contributed by atoms with Gasteiger partial charge in [-0.15, -0.1) is 0 Å². The Labute approximate surface area is 228 Å². The summed E-state index contributed by atoms with van der Waals surface area (Å²) in [5.74, 6) is -2.70. The van der Waals surface area contributed by atoms with Crippen molar-refractivity contribution >= 4 is 0 Å². The van der Waals surface area contributed by atoms with Crippen molar-refractivity contribution < 1.29 is 26.7 Å². The average molecular weight is 545 g/mol. The van der Waals surface area contributed by atoms with E-state index in [1.54, 1.807) is 24.3 Å². The summed E-state index contributed by atoms with van der Waals surface area (Å²) < 4.78 is 78.4. The topological polar surface area (TPSA) is 9.23 Å². The fraction of sp³-hybridized carbons (Fsp3) is 0.455.